The number of nitrogens with one attached hydrogen (secondary N) is 2. The molecule has 0 spiro atoms. The van der Waals surface area contributed by atoms with Gasteiger partial charge in [-0.15, -0.1) is 0 Å². The molecule has 2 aromatic carbocycles. The number of para-hydroxylation sites is 1. The van der Waals surface area contributed by atoms with E-state index in [9.17, 15) is 23.1 Å². The summed E-state index contributed by atoms with van der Waals surface area (Å²) in [5, 5.41) is 13.1. The van der Waals surface area contributed by atoms with Crippen LogP contribution in [0.1, 0.15) is 27.0 Å². The Hall–Kier alpha value is -3.17. The van der Waals surface area contributed by atoms with Gasteiger partial charge < -0.3 is 15.4 Å². The number of aryl methyl sites for hydroxylation is 1. The van der Waals surface area contributed by atoms with E-state index < -0.39 is 27.9 Å². The molecule has 0 bridgehead atoms. The van der Waals surface area contributed by atoms with E-state index in [2.05, 4.69) is 10.3 Å². The van der Waals surface area contributed by atoms with E-state index in [1.54, 1.807) is 26.1 Å². The Bertz CT molecular complexity index is 1260. The number of rotatable bonds is 7. The maximum absolute atomic E-state index is 12.9. The van der Waals surface area contributed by atoms with Gasteiger partial charge in [0.15, 0.2) is 0 Å². The molecule has 0 aliphatic carbocycles. The fraction of sp³-hybridized carbons (Fsp3) is 0.273. The number of amides is 1. The summed E-state index contributed by atoms with van der Waals surface area (Å²) in [5.74, 6) is -1.82. The van der Waals surface area contributed by atoms with Crippen LogP contribution in [0.15, 0.2) is 47.5 Å². The molecule has 3 aromatic rings. The molecule has 1 unspecified atom stereocenters. The molecule has 0 saturated heterocycles. The Kier molecular flexibility index (Phi) is 6.19. The van der Waals surface area contributed by atoms with Crippen LogP contribution in [0.5, 0.6) is 0 Å². The van der Waals surface area contributed by atoms with Gasteiger partial charge in [-0.1, -0.05) is 18.2 Å². The number of hydrogen-bond donors (Lipinski definition) is 3. The van der Waals surface area contributed by atoms with Crippen molar-refractivity contribution in [3.05, 3.63) is 64.8 Å². The normalized spacial score (nSPS) is 12.8. The highest BCUT2D eigenvalue weighted by Crippen LogP contribution is 2.24. The molecule has 0 fully saturated rings. The van der Waals surface area contributed by atoms with E-state index in [1.807, 2.05) is 24.3 Å². The van der Waals surface area contributed by atoms with Crippen molar-refractivity contribution < 1.29 is 23.1 Å². The highest BCUT2D eigenvalue weighted by Gasteiger charge is 2.26. The minimum atomic E-state index is -3.76. The van der Waals surface area contributed by atoms with Gasteiger partial charge in [0, 0.05) is 43.2 Å². The van der Waals surface area contributed by atoms with E-state index in [0.717, 1.165) is 20.8 Å². The third-order valence-electron chi connectivity index (χ3n) is 5.34. The molecular weight excluding hydrogens is 418 g/mol. The zero-order valence-electron chi connectivity index (χ0n) is 17.8. The molecular formula is C22H25N3O5S. The number of carbonyl (C=O) groups is 2. The Balaban J connectivity index is 1.91. The number of sulfonamides is 1. The van der Waals surface area contributed by atoms with Crippen LogP contribution in [0.25, 0.3) is 10.9 Å². The highest BCUT2D eigenvalue weighted by atomic mass is 32.2. The molecule has 3 N–H and O–H groups in total. The minimum Gasteiger partial charge on any atom is -0.480 e. The first kappa shape index (κ1) is 22.5. The number of aromatic nitrogens is 1. The fourth-order valence-corrected chi connectivity index (χ4v) is 4.60. The van der Waals surface area contributed by atoms with Crippen LogP contribution in [0, 0.1) is 13.8 Å². The smallest absolute Gasteiger partial charge is 0.326 e. The van der Waals surface area contributed by atoms with Gasteiger partial charge in [-0.2, -0.15) is 0 Å². The Morgan fingerprint density at radius 1 is 1.16 bits per heavy atom. The summed E-state index contributed by atoms with van der Waals surface area (Å²) in [6.07, 6.45) is 1.81. The lowest BCUT2D eigenvalue weighted by Gasteiger charge is -2.18. The van der Waals surface area contributed by atoms with E-state index in [0.29, 0.717) is 11.1 Å². The average Bonchev–Trinajstić information content (AvgIpc) is 3.11. The maximum Gasteiger partial charge on any atom is 0.326 e. The van der Waals surface area contributed by atoms with Crippen molar-refractivity contribution in [3.63, 3.8) is 0 Å². The zero-order valence-corrected chi connectivity index (χ0v) is 18.6. The molecule has 3 rings (SSSR count). The molecule has 1 heterocycles. The van der Waals surface area contributed by atoms with Crippen LogP contribution >= 0.6 is 0 Å². The predicted octanol–water partition coefficient (Wildman–Crippen LogP) is 2.46. The third kappa shape index (κ3) is 4.47. The van der Waals surface area contributed by atoms with Crippen molar-refractivity contribution in [2.24, 2.45) is 0 Å². The summed E-state index contributed by atoms with van der Waals surface area (Å²) < 4.78 is 26.4. The topological polar surface area (TPSA) is 120 Å². The molecule has 0 radical (unpaired) electrons. The Morgan fingerprint density at radius 3 is 2.48 bits per heavy atom. The minimum absolute atomic E-state index is 0.0196. The monoisotopic (exact) mass is 443 g/mol. The number of carboxylic acid groups (broad SMARTS) is 1. The van der Waals surface area contributed by atoms with Crippen LogP contribution in [0.3, 0.4) is 0 Å². The molecule has 1 amide bonds. The van der Waals surface area contributed by atoms with Crippen molar-refractivity contribution >= 4 is 32.8 Å². The van der Waals surface area contributed by atoms with E-state index in [-0.39, 0.29) is 16.9 Å². The average molecular weight is 444 g/mol. The second kappa shape index (κ2) is 8.52. The van der Waals surface area contributed by atoms with Crippen molar-refractivity contribution in [1.29, 1.82) is 0 Å². The Morgan fingerprint density at radius 2 is 1.84 bits per heavy atom. The molecule has 1 atom stereocenters. The molecule has 0 aliphatic heterocycles. The molecule has 31 heavy (non-hydrogen) atoms. The predicted molar refractivity (Wildman–Crippen MR) is 118 cm³/mol. The lowest BCUT2D eigenvalue weighted by molar-refractivity contribution is -0.139. The first-order valence-electron chi connectivity index (χ1n) is 9.64. The fourth-order valence-electron chi connectivity index (χ4n) is 3.38. The maximum atomic E-state index is 12.9. The first-order chi connectivity index (χ1) is 14.5. The lowest BCUT2D eigenvalue weighted by atomic mass is 10.0. The number of H-pyrrole nitrogens is 1. The van der Waals surface area contributed by atoms with Crippen LogP contribution in [0.4, 0.5) is 0 Å². The number of hydrogen-bond acceptors (Lipinski definition) is 4. The number of benzene rings is 2. The standard InChI is InChI=1S/C22H25N3O5S/c1-13-9-15(11-20(14(13)2)31(29,30)25(3)4)21(26)24-19(22(27)28)10-16-12-23-18-8-6-5-7-17(16)18/h5-9,11-12,19,23H,10H2,1-4H3,(H,24,26)(H,27,28). The van der Waals surface area contributed by atoms with Crippen LogP contribution in [0.2, 0.25) is 0 Å². The lowest BCUT2D eigenvalue weighted by Crippen LogP contribution is -2.42. The molecule has 0 aliphatic rings. The van der Waals surface area contributed by atoms with E-state index in [1.165, 1.54) is 20.2 Å². The van der Waals surface area contributed by atoms with Gasteiger partial charge in [-0.3, -0.25) is 4.79 Å². The SMILES string of the molecule is Cc1cc(C(=O)NC(Cc2c[nH]c3ccccc23)C(=O)O)cc(S(=O)(=O)N(C)C)c1C. The zero-order chi connectivity index (χ0) is 22.9. The number of aromatic amines is 1. The second-order valence-electron chi connectivity index (χ2n) is 7.63. The van der Waals surface area contributed by atoms with Crippen molar-refractivity contribution in [1.82, 2.24) is 14.6 Å². The number of aliphatic carboxylic acids is 1. The van der Waals surface area contributed by atoms with E-state index >= 15 is 0 Å². The first-order valence-corrected chi connectivity index (χ1v) is 11.1. The van der Waals surface area contributed by atoms with Gasteiger partial charge in [0.05, 0.1) is 4.90 Å². The summed E-state index contributed by atoms with van der Waals surface area (Å²) in [7, 11) is -0.933. The molecule has 9 heteroatoms. The number of carboxylic acids is 1. The number of carbonyl (C=O) groups excluding carboxylic acids is 1. The van der Waals surface area contributed by atoms with Crippen molar-refractivity contribution in [2.45, 2.75) is 31.2 Å². The van der Waals surface area contributed by atoms with Gasteiger partial charge in [0.2, 0.25) is 10.0 Å². The summed E-state index contributed by atoms with van der Waals surface area (Å²) >= 11 is 0. The van der Waals surface area contributed by atoms with E-state index in [4.69, 9.17) is 0 Å². The molecule has 164 valence electrons. The van der Waals surface area contributed by atoms with Gasteiger partial charge in [-0.25, -0.2) is 17.5 Å². The summed E-state index contributed by atoms with van der Waals surface area (Å²) in [6.45, 7) is 3.38. The molecule has 0 saturated carbocycles. The van der Waals surface area contributed by atoms with Gasteiger partial charge in [0.1, 0.15) is 6.04 Å². The van der Waals surface area contributed by atoms with Gasteiger partial charge in [-0.05, 0) is 48.7 Å². The van der Waals surface area contributed by atoms with Gasteiger partial charge >= 0.3 is 5.97 Å². The molecule has 8 nitrogen and oxygen atoms in total. The summed E-state index contributed by atoms with van der Waals surface area (Å²) in [4.78, 5) is 27.8. The quantitative estimate of drug-likeness (QED) is 0.518. The highest BCUT2D eigenvalue weighted by molar-refractivity contribution is 7.89. The van der Waals surface area contributed by atoms with Crippen molar-refractivity contribution in [2.75, 3.05) is 14.1 Å². The third-order valence-corrected chi connectivity index (χ3v) is 7.28. The van der Waals surface area contributed by atoms with Crippen LogP contribution in [-0.4, -0.2) is 54.8 Å². The Labute approximate surface area is 180 Å². The van der Waals surface area contributed by atoms with Gasteiger partial charge in [0.25, 0.3) is 5.91 Å². The van der Waals surface area contributed by atoms with Crippen LogP contribution < -0.4 is 5.32 Å². The number of fused-ring (bicyclic) bond motifs is 1. The second-order valence-corrected chi connectivity index (χ2v) is 9.75. The largest absolute Gasteiger partial charge is 0.480 e. The molecule has 1 aromatic heterocycles. The van der Waals surface area contributed by atoms with Crippen molar-refractivity contribution in [3.8, 4) is 0 Å². The summed E-state index contributed by atoms with van der Waals surface area (Å²) in [5.41, 5.74) is 2.89. The summed E-state index contributed by atoms with van der Waals surface area (Å²) in [6, 6.07) is 9.16. The van der Waals surface area contributed by atoms with Crippen LogP contribution in [-0.2, 0) is 21.2 Å². The number of nitrogens with zero attached hydrogens (tertiary/aromatic N) is 1.